The predicted molar refractivity (Wildman–Crippen MR) is 81.6 cm³/mol. The van der Waals surface area contributed by atoms with Gasteiger partial charge in [-0.1, -0.05) is 44.1 Å². The van der Waals surface area contributed by atoms with Gasteiger partial charge in [-0.3, -0.25) is 0 Å². The van der Waals surface area contributed by atoms with Crippen molar-refractivity contribution < 1.29 is 8.42 Å². The normalized spacial score (nSPS) is 11.4. The van der Waals surface area contributed by atoms with Gasteiger partial charge in [0.2, 0.25) is 10.0 Å². The van der Waals surface area contributed by atoms with Crippen LogP contribution in [-0.4, -0.2) is 20.0 Å². The molecule has 0 radical (unpaired) electrons. The second-order valence-corrected chi connectivity index (χ2v) is 6.68. The summed E-state index contributed by atoms with van der Waals surface area (Å²) in [6.07, 6.45) is 3.43. The number of sulfonamides is 1. The highest BCUT2D eigenvalue weighted by Crippen LogP contribution is 2.11. The first kappa shape index (κ1) is 16.1. The van der Waals surface area contributed by atoms with E-state index in [1.54, 1.807) is 24.3 Å². The van der Waals surface area contributed by atoms with Crippen LogP contribution in [0.4, 0.5) is 0 Å². The molecule has 1 rings (SSSR count). The third-order valence-electron chi connectivity index (χ3n) is 2.68. The molecule has 19 heavy (non-hydrogen) atoms. The lowest BCUT2D eigenvalue weighted by Crippen LogP contribution is -2.24. The molecule has 1 aromatic rings. The molecule has 6 heteroatoms. The zero-order chi connectivity index (χ0) is 14.3. The van der Waals surface area contributed by atoms with Crippen molar-refractivity contribution in [2.45, 2.75) is 37.5 Å². The number of hydrogen-bond donors (Lipinski definition) is 2. The van der Waals surface area contributed by atoms with E-state index in [2.05, 4.69) is 11.6 Å². The molecule has 0 amide bonds. The summed E-state index contributed by atoms with van der Waals surface area (Å²) in [6.45, 7) is 2.56. The van der Waals surface area contributed by atoms with Gasteiger partial charge in [0.05, 0.1) is 9.88 Å². The molecule has 0 unspecified atom stereocenters. The number of unbranched alkanes of at least 4 members (excludes halogenated alkanes) is 2. The molecule has 0 saturated heterocycles. The molecule has 1 aromatic carbocycles. The first-order valence-corrected chi connectivity index (χ1v) is 8.21. The molecule has 0 aromatic heterocycles. The largest absolute Gasteiger partial charge is 0.393 e. The van der Waals surface area contributed by atoms with Crippen molar-refractivity contribution in [2.24, 2.45) is 5.73 Å². The molecule has 0 fully saturated rings. The molecule has 106 valence electrons. The van der Waals surface area contributed by atoms with Crippen molar-refractivity contribution in [2.75, 3.05) is 6.54 Å². The molecular weight excluding hydrogens is 280 g/mol. The average Bonchev–Trinajstić information content (AvgIpc) is 2.35. The fourth-order valence-corrected chi connectivity index (χ4v) is 2.89. The number of nitrogens with two attached hydrogens (primary N) is 1. The van der Waals surface area contributed by atoms with Gasteiger partial charge in [-0.25, -0.2) is 13.1 Å². The Labute approximate surface area is 120 Å². The molecule has 0 aliphatic carbocycles. The molecule has 0 bridgehead atoms. The highest BCUT2D eigenvalue weighted by Gasteiger charge is 2.12. The molecule has 0 spiro atoms. The number of benzene rings is 1. The van der Waals surface area contributed by atoms with E-state index in [1.807, 2.05) is 0 Å². The van der Waals surface area contributed by atoms with Crippen LogP contribution >= 0.6 is 12.2 Å². The highest BCUT2D eigenvalue weighted by molar-refractivity contribution is 7.89. The van der Waals surface area contributed by atoms with Gasteiger partial charge >= 0.3 is 0 Å². The standard InChI is InChI=1S/C13H20N2O2S2/c1-2-3-4-9-15-19(16,17)12-7-5-11(6-8-12)10-13(14)18/h5-8,15H,2-4,9-10H2,1H3,(H2,14,18). The van der Waals surface area contributed by atoms with E-state index >= 15 is 0 Å². The minimum atomic E-state index is -3.40. The van der Waals surface area contributed by atoms with Crippen LogP contribution < -0.4 is 10.5 Å². The van der Waals surface area contributed by atoms with Gasteiger partial charge in [0.1, 0.15) is 0 Å². The summed E-state index contributed by atoms with van der Waals surface area (Å²) < 4.78 is 26.5. The van der Waals surface area contributed by atoms with E-state index in [1.165, 1.54) is 0 Å². The Morgan fingerprint density at radius 2 is 1.89 bits per heavy atom. The summed E-state index contributed by atoms with van der Waals surface area (Å²) in [5, 5.41) is 0. The Kier molecular flexibility index (Phi) is 6.41. The minimum Gasteiger partial charge on any atom is -0.393 e. The lowest BCUT2D eigenvalue weighted by Gasteiger charge is -2.07. The van der Waals surface area contributed by atoms with Crippen LogP contribution in [-0.2, 0) is 16.4 Å². The maximum absolute atomic E-state index is 12.0. The summed E-state index contributed by atoms with van der Waals surface area (Å²) >= 11 is 4.81. The van der Waals surface area contributed by atoms with E-state index in [4.69, 9.17) is 18.0 Å². The average molecular weight is 300 g/mol. The molecular formula is C13H20N2O2S2. The minimum absolute atomic E-state index is 0.274. The zero-order valence-electron chi connectivity index (χ0n) is 11.1. The molecule has 0 heterocycles. The molecule has 0 aliphatic heterocycles. The fraction of sp³-hybridized carbons (Fsp3) is 0.462. The molecule has 0 aliphatic rings. The van der Waals surface area contributed by atoms with Crippen molar-refractivity contribution >= 4 is 27.2 Å². The van der Waals surface area contributed by atoms with Gasteiger partial charge in [0, 0.05) is 13.0 Å². The fourth-order valence-electron chi connectivity index (χ4n) is 1.65. The lowest BCUT2D eigenvalue weighted by molar-refractivity contribution is 0.576. The van der Waals surface area contributed by atoms with Crippen LogP contribution in [0.1, 0.15) is 31.7 Å². The predicted octanol–water partition coefficient (Wildman–Crippen LogP) is 1.98. The summed E-state index contributed by atoms with van der Waals surface area (Å²) in [5.74, 6) is 0. The monoisotopic (exact) mass is 300 g/mol. The zero-order valence-corrected chi connectivity index (χ0v) is 12.7. The van der Waals surface area contributed by atoms with Crippen LogP contribution in [0.15, 0.2) is 29.2 Å². The molecule has 4 nitrogen and oxygen atoms in total. The quantitative estimate of drug-likeness (QED) is 0.569. The van der Waals surface area contributed by atoms with Gasteiger partial charge in [0.25, 0.3) is 0 Å². The highest BCUT2D eigenvalue weighted by atomic mass is 32.2. The van der Waals surface area contributed by atoms with Crippen molar-refractivity contribution in [3.63, 3.8) is 0 Å². The van der Waals surface area contributed by atoms with E-state index in [0.29, 0.717) is 18.0 Å². The van der Waals surface area contributed by atoms with Crippen LogP contribution in [0.2, 0.25) is 0 Å². The Morgan fingerprint density at radius 1 is 1.26 bits per heavy atom. The maximum Gasteiger partial charge on any atom is 0.240 e. The second kappa shape index (κ2) is 7.57. The van der Waals surface area contributed by atoms with E-state index in [-0.39, 0.29) is 4.90 Å². The van der Waals surface area contributed by atoms with Gasteiger partial charge in [-0.15, -0.1) is 0 Å². The summed E-state index contributed by atoms with van der Waals surface area (Å²) in [7, 11) is -3.40. The first-order chi connectivity index (χ1) is 8.95. The Hall–Kier alpha value is -0.980. The first-order valence-electron chi connectivity index (χ1n) is 6.32. The molecule has 0 saturated carbocycles. The van der Waals surface area contributed by atoms with Crippen molar-refractivity contribution in [3.8, 4) is 0 Å². The Balaban J connectivity index is 2.65. The number of rotatable bonds is 8. The molecule has 0 atom stereocenters. The third kappa shape index (κ3) is 5.67. The van der Waals surface area contributed by atoms with Gasteiger partial charge < -0.3 is 5.73 Å². The van der Waals surface area contributed by atoms with Crippen molar-refractivity contribution in [1.82, 2.24) is 4.72 Å². The molecule has 3 N–H and O–H groups in total. The number of thiocarbonyl (C=S) groups is 1. The summed E-state index contributed by atoms with van der Waals surface area (Å²) in [6, 6.07) is 6.63. The van der Waals surface area contributed by atoms with Crippen molar-refractivity contribution in [3.05, 3.63) is 29.8 Å². The van der Waals surface area contributed by atoms with E-state index in [0.717, 1.165) is 24.8 Å². The number of nitrogens with one attached hydrogen (secondary N) is 1. The van der Waals surface area contributed by atoms with Gasteiger partial charge in [0.15, 0.2) is 0 Å². The lowest BCUT2D eigenvalue weighted by atomic mass is 10.1. The third-order valence-corrected chi connectivity index (χ3v) is 4.31. The van der Waals surface area contributed by atoms with Crippen molar-refractivity contribution in [1.29, 1.82) is 0 Å². The summed E-state index contributed by atoms with van der Waals surface area (Å²) in [4.78, 5) is 0.670. The van der Waals surface area contributed by atoms with Crippen LogP contribution in [0.25, 0.3) is 0 Å². The summed E-state index contributed by atoms with van der Waals surface area (Å²) in [5.41, 5.74) is 6.36. The van der Waals surface area contributed by atoms with Crippen LogP contribution in [0, 0.1) is 0 Å². The number of hydrogen-bond acceptors (Lipinski definition) is 3. The second-order valence-electron chi connectivity index (χ2n) is 4.39. The van der Waals surface area contributed by atoms with E-state index in [9.17, 15) is 8.42 Å². The van der Waals surface area contributed by atoms with Gasteiger partial charge in [-0.05, 0) is 24.1 Å². The maximum atomic E-state index is 12.0. The van der Waals surface area contributed by atoms with E-state index < -0.39 is 10.0 Å². The Morgan fingerprint density at radius 3 is 2.42 bits per heavy atom. The van der Waals surface area contributed by atoms with Gasteiger partial charge in [-0.2, -0.15) is 0 Å². The van der Waals surface area contributed by atoms with Crippen LogP contribution in [0.5, 0.6) is 0 Å². The van der Waals surface area contributed by atoms with Crippen LogP contribution in [0.3, 0.4) is 0 Å². The SMILES string of the molecule is CCCCCNS(=O)(=O)c1ccc(CC(N)=S)cc1. The smallest absolute Gasteiger partial charge is 0.240 e. The topological polar surface area (TPSA) is 72.2 Å². The Bertz CT molecular complexity index is 510.